The molecule has 0 aliphatic rings. The van der Waals surface area contributed by atoms with E-state index in [2.05, 4.69) is 31.0 Å². The van der Waals surface area contributed by atoms with E-state index in [-0.39, 0.29) is 23.3 Å². The lowest BCUT2D eigenvalue weighted by molar-refractivity contribution is 0.233. The number of aliphatic hydroxyl groups excluding tert-OH is 1. The van der Waals surface area contributed by atoms with Crippen molar-refractivity contribution >= 4 is 11.8 Å². The Morgan fingerprint density at radius 3 is 2.56 bits per heavy atom. The molecule has 1 aromatic heterocycles. The normalized spacial score (nSPS) is 16.1. The molecule has 3 N–H and O–H groups in total. The molecule has 2 unspecified atom stereocenters. The Hall–Kier alpha value is -0.590. The monoisotopic (exact) mass is 244 g/mol. The number of nitrogens with two attached hydrogens (primary N) is 1. The summed E-state index contributed by atoms with van der Waals surface area (Å²) in [5.74, 6) is 0. The molecule has 0 saturated heterocycles. The largest absolute Gasteiger partial charge is 0.395 e. The second-order valence-corrected chi connectivity index (χ2v) is 6.16. The summed E-state index contributed by atoms with van der Waals surface area (Å²) in [5.41, 5.74) is 6.09. The van der Waals surface area contributed by atoms with E-state index in [1.807, 2.05) is 11.6 Å². The summed E-state index contributed by atoms with van der Waals surface area (Å²) in [6.45, 7) is 6.24. The van der Waals surface area contributed by atoms with Crippen LogP contribution < -0.4 is 5.73 Å². The molecule has 0 aliphatic heterocycles. The van der Waals surface area contributed by atoms with Crippen molar-refractivity contribution in [3.8, 4) is 0 Å². The third-order valence-corrected chi connectivity index (χ3v) is 3.83. The number of aryl methyl sites for hydroxylation is 1. The highest BCUT2D eigenvalue weighted by atomic mass is 32.2. The Kier molecular flexibility index (Phi) is 4.35. The SMILES string of the molecule is Cn1cnnc1SC(CO)C(N)C(C)(C)C. The van der Waals surface area contributed by atoms with E-state index in [0.717, 1.165) is 5.16 Å². The fourth-order valence-corrected chi connectivity index (χ4v) is 2.50. The van der Waals surface area contributed by atoms with Gasteiger partial charge in [0.2, 0.25) is 0 Å². The van der Waals surface area contributed by atoms with E-state index < -0.39 is 0 Å². The average molecular weight is 244 g/mol. The molecule has 1 aromatic rings. The van der Waals surface area contributed by atoms with Gasteiger partial charge in [0.15, 0.2) is 5.16 Å². The van der Waals surface area contributed by atoms with Gasteiger partial charge in [-0.25, -0.2) is 0 Å². The van der Waals surface area contributed by atoms with Gasteiger partial charge in [-0.15, -0.1) is 10.2 Å². The molecule has 0 aliphatic carbocycles. The van der Waals surface area contributed by atoms with Gasteiger partial charge in [0.05, 0.1) is 11.9 Å². The summed E-state index contributed by atoms with van der Waals surface area (Å²) in [6.07, 6.45) is 1.64. The van der Waals surface area contributed by atoms with Gasteiger partial charge in [0, 0.05) is 13.1 Å². The lowest BCUT2D eigenvalue weighted by atomic mass is 9.85. The van der Waals surface area contributed by atoms with E-state index in [9.17, 15) is 5.11 Å². The second kappa shape index (κ2) is 5.16. The minimum Gasteiger partial charge on any atom is -0.395 e. The van der Waals surface area contributed by atoms with Gasteiger partial charge in [0.25, 0.3) is 0 Å². The van der Waals surface area contributed by atoms with Crippen LogP contribution in [0, 0.1) is 5.41 Å². The van der Waals surface area contributed by atoms with E-state index in [1.54, 1.807) is 6.33 Å². The number of aromatic nitrogens is 3. The van der Waals surface area contributed by atoms with Gasteiger partial charge in [-0.3, -0.25) is 0 Å². The van der Waals surface area contributed by atoms with Gasteiger partial charge in [-0.2, -0.15) is 0 Å². The van der Waals surface area contributed by atoms with Gasteiger partial charge in [-0.1, -0.05) is 32.5 Å². The summed E-state index contributed by atoms with van der Waals surface area (Å²) in [5, 5.41) is 17.9. The summed E-state index contributed by atoms with van der Waals surface area (Å²) < 4.78 is 1.82. The Morgan fingerprint density at radius 2 is 2.19 bits per heavy atom. The lowest BCUT2D eigenvalue weighted by Gasteiger charge is -2.32. The Balaban J connectivity index is 2.73. The van der Waals surface area contributed by atoms with E-state index in [0.29, 0.717) is 0 Å². The third-order valence-electron chi connectivity index (χ3n) is 2.51. The highest BCUT2D eigenvalue weighted by molar-refractivity contribution is 7.99. The van der Waals surface area contributed by atoms with Crippen molar-refractivity contribution in [2.24, 2.45) is 18.2 Å². The summed E-state index contributed by atoms with van der Waals surface area (Å²) in [7, 11) is 1.87. The van der Waals surface area contributed by atoms with Crippen molar-refractivity contribution in [1.82, 2.24) is 14.8 Å². The first-order chi connectivity index (χ1) is 7.36. The molecule has 5 nitrogen and oxygen atoms in total. The summed E-state index contributed by atoms with van der Waals surface area (Å²) in [4.78, 5) is 0. The first kappa shape index (κ1) is 13.5. The topological polar surface area (TPSA) is 77.0 Å². The molecular formula is C10H20N4OS. The van der Waals surface area contributed by atoms with Crippen LogP contribution in [0.4, 0.5) is 0 Å². The van der Waals surface area contributed by atoms with Crippen LogP contribution in [-0.2, 0) is 7.05 Å². The maximum atomic E-state index is 9.39. The molecule has 0 spiro atoms. The van der Waals surface area contributed by atoms with Crippen molar-refractivity contribution in [2.45, 2.75) is 37.2 Å². The predicted molar refractivity (Wildman–Crippen MR) is 65.2 cm³/mol. The smallest absolute Gasteiger partial charge is 0.191 e. The zero-order valence-electron chi connectivity index (χ0n) is 10.2. The van der Waals surface area contributed by atoms with Crippen molar-refractivity contribution < 1.29 is 5.11 Å². The van der Waals surface area contributed by atoms with Crippen LogP contribution in [0.2, 0.25) is 0 Å². The molecule has 0 amide bonds. The number of aliphatic hydroxyl groups is 1. The van der Waals surface area contributed by atoms with Gasteiger partial charge < -0.3 is 15.4 Å². The van der Waals surface area contributed by atoms with Crippen molar-refractivity contribution in [3.63, 3.8) is 0 Å². The van der Waals surface area contributed by atoms with Crippen LogP contribution in [0.1, 0.15) is 20.8 Å². The van der Waals surface area contributed by atoms with Gasteiger partial charge in [0.1, 0.15) is 6.33 Å². The standard InChI is InChI=1S/C10H20N4OS/c1-10(2,3)8(11)7(5-15)16-9-13-12-6-14(9)4/h6-8,15H,5,11H2,1-4H3. The number of hydrogen-bond donors (Lipinski definition) is 2. The number of hydrogen-bond acceptors (Lipinski definition) is 5. The fourth-order valence-electron chi connectivity index (χ4n) is 1.30. The maximum Gasteiger partial charge on any atom is 0.191 e. The average Bonchev–Trinajstić information content (AvgIpc) is 2.58. The zero-order valence-corrected chi connectivity index (χ0v) is 11.0. The zero-order chi connectivity index (χ0) is 12.3. The lowest BCUT2D eigenvalue weighted by Crippen LogP contribution is -2.45. The van der Waals surface area contributed by atoms with E-state index >= 15 is 0 Å². The fraction of sp³-hybridized carbons (Fsp3) is 0.800. The minimum atomic E-state index is -0.0980. The molecule has 1 heterocycles. The summed E-state index contributed by atoms with van der Waals surface area (Å²) in [6, 6.07) is -0.0980. The van der Waals surface area contributed by atoms with Crippen LogP contribution in [0.25, 0.3) is 0 Å². The molecule has 2 atom stereocenters. The van der Waals surface area contributed by atoms with Crippen LogP contribution >= 0.6 is 11.8 Å². The van der Waals surface area contributed by atoms with Crippen molar-refractivity contribution in [1.29, 1.82) is 0 Å². The maximum absolute atomic E-state index is 9.39. The molecule has 92 valence electrons. The molecule has 6 heteroatoms. The third kappa shape index (κ3) is 3.20. The molecule has 1 rings (SSSR count). The minimum absolute atomic E-state index is 0.0377. The highest BCUT2D eigenvalue weighted by Gasteiger charge is 2.30. The molecular weight excluding hydrogens is 224 g/mol. The number of rotatable bonds is 4. The Labute approximate surface area is 100 Å². The molecule has 16 heavy (non-hydrogen) atoms. The van der Waals surface area contributed by atoms with Crippen molar-refractivity contribution in [3.05, 3.63) is 6.33 Å². The van der Waals surface area contributed by atoms with Crippen LogP contribution in [0.5, 0.6) is 0 Å². The van der Waals surface area contributed by atoms with E-state index in [1.165, 1.54) is 11.8 Å². The first-order valence-electron chi connectivity index (χ1n) is 5.23. The van der Waals surface area contributed by atoms with Crippen LogP contribution in [-0.4, -0.2) is 37.8 Å². The van der Waals surface area contributed by atoms with Crippen LogP contribution in [0.15, 0.2) is 11.5 Å². The molecule has 0 aromatic carbocycles. The Bertz CT molecular complexity index is 334. The molecule has 0 fully saturated rings. The van der Waals surface area contributed by atoms with Gasteiger partial charge in [-0.05, 0) is 5.41 Å². The van der Waals surface area contributed by atoms with Crippen LogP contribution in [0.3, 0.4) is 0 Å². The number of thioether (sulfide) groups is 1. The first-order valence-corrected chi connectivity index (χ1v) is 6.11. The predicted octanol–water partition coefficient (Wildman–Crippen LogP) is 0.641. The van der Waals surface area contributed by atoms with E-state index in [4.69, 9.17) is 5.73 Å². The molecule has 0 saturated carbocycles. The van der Waals surface area contributed by atoms with Gasteiger partial charge >= 0.3 is 0 Å². The highest BCUT2D eigenvalue weighted by Crippen LogP contribution is 2.30. The quantitative estimate of drug-likeness (QED) is 0.760. The van der Waals surface area contributed by atoms with Crippen molar-refractivity contribution in [2.75, 3.05) is 6.61 Å². The number of nitrogens with zero attached hydrogens (tertiary/aromatic N) is 3. The molecule has 0 bridgehead atoms. The second-order valence-electron chi connectivity index (χ2n) is 4.96. The Morgan fingerprint density at radius 1 is 1.56 bits per heavy atom. The summed E-state index contributed by atoms with van der Waals surface area (Å²) >= 11 is 1.47. The molecule has 0 radical (unpaired) electrons.